The largest absolute Gasteiger partial charge is 0.325 e. The van der Waals surface area contributed by atoms with E-state index < -0.39 is 4.92 Å². The van der Waals surface area contributed by atoms with Crippen LogP contribution in [0.1, 0.15) is 11.1 Å². The summed E-state index contributed by atoms with van der Waals surface area (Å²) in [5, 5.41) is 22.1. The van der Waals surface area contributed by atoms with Gasteiger partial charge in [0.15, 0.2) is 0 Å². The van der Waals surface area contributed by atoms with Gasteiger partial charge in [-0.3, -0.25) is 14.9 Å². The van der Waals surface area contributed by atoms with E-state index in [0.717, 1.165) is 11.1 Å². The maximum absolute atomic E-state index is 11.9. The number of benzene rings is 2. The molecule has 0 fully saturated rings. The molecule has 1 N–H and O–H groups in total. The lowest BCUT2D eigenvalue weighted by Crippen LogP contribution is -2.14. The predicted molar refractivity (Wildman–Crippen MR) is 93.6 cm³/mol. The van der Waals surface area contributed by atoms with Crippen LogP contribution in [-0.2, 0) is 17.0 Å². The number of nitriles is 1. The summed E-state index contributed by atoms with van der Waals surface area (Å²) in [6.45, 7) is 0. The van der Waals surface area contributed by atoms with Crippen LogP contribution in [0.3, 0.4) is 0 Å². The molecule has 0 radical (unpaired) electrons. The molecule has 2 aromatic rings. The van der Waals surface area contributed by atoms with E-state index in [-0.39, 0.29) is 17.3 Å². The second kappa shape index (κ2) is 8.70. The van der Waals surface area contributed by atoms with Crippen molar-refractivity contribution in [2.75, 3.05) is 11.1 Å². The number of carbonyl (C=O) groups excluding carboxylic acids is 1. The number of hydrogen-bond acceptors (Lipinski definition) is 5. The van der Waals surface area contributed by atoms with Crippen LogP contribution in [0.25, 0.3) is 0 Å². The number of hydrogen-bond donors (Lipinski definition) is 1. The maximum atomic E-state index is 11.9. The molecule has 0 aliphatic rings. The molecule has 0 saturated heterocycles. The topological polar surface area (TPSA) is 96.0 Å². The van der Waals surface area contributed by atoms with Gasteiger partial charge in [0, 0.05) is 23.6 Å². The van der Waals surface area contributed by atoms with Crippen molar-refractivity contribution in [1.29, 1.82) is 5.26 Å². The molecule has 0 spiro atoms. The Balaban J connectivity index is 1.80. The minimum Gasteiger partial charge on any atom is -0.325 e. The molecule has 0 heterocycles. The Hall–Kier alpha value is -2.85. The van der Waals surface area contributed by atoms with E-state index in [9.17, 15) is 14.9 Å². The molecule has 122 valence electrons. The highest BCUT2D eigenvalue weighted by molar-refractivity contribution is 7.99. The number of nitro benzene ring substituents is 1. The molecule has 0 aromatic heterocycles. The molecule has 7 heteroatoms. The van der Waals surface area contributed by atoms with Gasteiger partial charge in [0.25, 0.3) is 5.69 Å². The summed E-state index contributed by atoms with van der Waals surface area (Å²) < 4.78 is 0. The zero-order valence-corrected chi connectivity index (χ0v) is 13.6. The maximum Gasteiger partial charge on any atom is 0.269 e. The number of non-ortho nitro benzene ring substituents is 1. The first-order valence-corrected chi connectivity index (χ1v) is 8.31. The molecular formula is C17H15N3O3S. The number of carbonyl (C=O) groups is 1. The number of nitrogens with one attached hydrogen (secondary N) is 1. The van der Waals surface area contributed by atoms with E-state index >= 15 is 0 Å². The smallest absolute Gasteiger partial charge is 0.269 e. The number of rotatable bonds is 7. The van der Waals surface area contributed by atoms with Gasteiger partial charge in [0.1, 0.15) is 0 Å². The van der Waals surface area contributed by atoms with Crippen LogP contribution < -0.4 is 5.32 Å². The minimum atomic E-state index is -0.434. The van der Waals surface area contributed by atoms with Crippen molar-refractivity contribution < 1.29 is 9.72 Å². The molecule has 6 nitrogen and oxygen atoms in total. The molecule has 0 saturated carbocycles. The van der Waals surface area contributed by atoms with Gasteiger partial charge in [-0.25, -0.2) is 0 Å². The second-order valence-electron chi connectivity index (χ2n) is 5.00. The fraction of sp³-hybridized carbons (Fsp3) is 0.176. The molecule has 1 amide bonds. The lowest BCUT2D eigenvalue weighted by molar-refractivity contribution is -0.384. The molecule has 0 unspecified atom stereocenters. The first-order valence-electron chi connectivity index (χ1n) is 7.15. The van der Waals surface area contributed by atoms with Crippen molar-refractivity contribution in [3.63, 3.8) is 0 Å². The molecule has 0 atom stereocenters. The van der Waals surface area contributed by atoms with Crippen molar-refractivity contribution in [2.24, 2.45) is 0 Å². The Kier molecular flexibility index (Phi) is 6.34. The zero-order chi connectivity index (χ0) is 17.4. The molecule has 2 rings (SSSR count). The minimum absolute atomic E-state index is 0.0509. The van der Waals surface area contributed by atoms with E-state index in [1.165, 1.54) is 23.9 Å². The first kappa shape index (κ1) is 17.5. The molecule has 24 heavy (non-hydrogen) atoms. The first-order chi connectivity index (χ1) is 11.6. The lowest BCUT2D eigenvalue weighted by Gasteiger charge is -2.06. The summed E-state index contributed by atoms with van der Waals surface area (Å²) in [7, 11) is 0. The van der Waals surface area contributed by atoms with Crippen molar-refractivity contribution >= 4 is 29.0 Å². The third-order valence-corrected chi connectivity index (χ3v) is 4.15. The monoisotopic (exact) mass is 341 g/mol. The molecule has 0 aliphatic heterocycles. The Morgan fingerprint density at radius 3 is 2.62 bits per heavy atom. The van der Waals surface area contributed by atoms with Gasteiger partial charge in [-0.05, 0) is 23.3 Å². The quantitative estimate of drug-likeness (QED) is 0.614. The van der Waals surface area contributed by atoms with Crippen LogP contribution in [0, 0.1) is 21.4 Å². The fourth-order valence-electron chi connectivity index (χ4n) is 2.02. The van der Waals surface area contributed by atoms with Crippen LogP contribution in [0.5, 0.6) is 0 Å². The lowest BCUT2D eigenvalue weighted by atomic mass is 10.1. The summed E-state index contributed by atoms with van der Waals surface area (Å²) in [6, 6.07) is 15.6. The van der Waals surface area contributed by atoms with Gasteiger partial charge in [-0.1, -0.05) is 24.3 Å². The highest BCUT2D eigenvalue weighted by Crippen LogP contribution is 2.18. The standard InChI is InChI=1S/C17H15N3O3S/c18-9-8-13-4-6-15(7-5-13)19-17(21)12-24-11-14-2-1-3-16(10-14)20(22)23/h1-7,10H,8,11-12H2,(H,19,21). The summed E-state index contributed by atoms with van der Waals surface area (Å²) in [5.41, 5.74) is 2.44. The predicted octanol–water partition coefficient (Wildman–Crippen LogP) is 3.53. The highest BCUT2D eigenvalue weighted by atomic mass is 32.2. The number of nitro groups is 1. The van der Waals surface area contributed by atoms with Crippen LogP contribution in [-0.4, -0.2) is 16.6 Å². The number of thioether (sulfide) groups is 1. The Morgan fingerprint density at radius 1 is 1.21 bits per heavy atom. The SMILES string of the molecule is N#CCc1ccc(NC(=O)CSCc2cccc([N+](=O)[O-])c2)cc1. The molecule has 0 aliphatic carbocycles. The van der Waals surface area contributed by atoms with Crippen molar-refractivity contribution in [2.45, 2.75) is 12.2 Å². The van der Waals surface area contributed by atoms with Crippen LogP contribution >= 0.6 is 11.8 Å². The summed E-state index contributed by atoms with van der Waals surface area (Å²) >= 11 is 1.39. The van der Waals surface area contributed by atoms with Crippen LogP contribution in [0.2, 0.25) is 0 Å². The van der Waals surface area contributed by atoms with Gasteiger partial charge >= 0.3 is 0 Å². The summed E-state index contributed by atoms with van der Waals surface area (Å²) in [5.74, 6) is 0.636. The van der Waals surface area contributed by atoms with Gasteiger partial charge < -0.3 is 5.32 Å². The van der Waals surface area contributed by atoms with Gasteiger partial charge in [-0.2, -0.15) is 5.26 Å². The third kappa shape index (κ3) is 5.41. The van der Waals surface area contributed by atoms with E-state index in [4.69, 9.17) is 5.26 Å². The number of nitrogens with zero attached hydrogens (tertiary/aromatic N) is 2. The number of amides is 1. The van der Waals surface area contributed by atoms with Crippen LogP contribution in [0.4, 0.5) is 11.4 Å². The van der Waals surface area contributed by atoms with Gasteiger partial charge in [-0.15, -0.1) is 11.8 Å². The normalized spacial score (nSPS) is 9.96. The average Bonchev–Trinajstić information content (AvgIpc) is 2.57. The van der Waals surface area contributed by atoms with E-state index in [2.05, 4.69) is 11.4 Å². The van der Waals surface area contributed by atoms with Crippen LogP contribution in [0.15, 0.2) is 48.5 Å². The highest BCUT2D eigenvalue weighted by Gasteiger charge is 2.07. The summed E-state index contributed by atoms with van der Waals surface area (Å²) in [6.07, 6.45) is 0.341. The third-order valence-electron chi connectivity index (χ3n) is 3.14. The van der Waals surface area contributed by atoms with Crippen molar-refractivity contribution in [3.8, 4) is 6.07 Å². The van der Waals surface area contributed by atoms with E-state index in [1.807, 2.05) is 0 Å². The van der Waals surface area contributed by atoms with Gasteiger partial charge in [0.2, 0.25) is 5.91 Å². The fourth-order valence-corrected chi connectivity index (χ4v) is 2.79. The van der Waals surface area contributed by atoms with E-state index in [0.29, 0.717) is 17.9 Å². The zero-order valence-electron chi connectivity index (χ0n) is 12.8. The molecular weight excluding hydrogens is 326 g/mol. The van der Waals surface area contributed by atoms with Gasteiger partial charge in [0.05, 0.1) is 23.2 Å². The Bertz CT molecular complexity index is 769. The second-order valence-corrected chi connectivity index (χ2v) is 5.99. The Labute approximate surface area is 143 Å². The Morgan fingerprint density at radius 2 is 1.96 bits per heavy atom. The molecule has 2 aromatic carbocycles. The molecule has 0 bridgehead atoms. The average molecular weight is 341 g/mol. The number of anilines is 1. The van der Waals surface area contributed by atoms with Crippen molar-refractivity contribution in [3.05, 3.63) is 69.8 Å². The van der Waals surface area contributed by atoms with Crippen molar-refractivity contribution in [1.82, 2.24) is 0 Å². The van der Waals surface area contributed by atoms with E-state index in [1.54, 1.807) is 36.4 Å². The summed E-state index contributed by atoms with van der Waals surface area (Å²) in [4.78, 5) is 22.2.